The van der Waals surface area contributed by atoms with Gasteiger partial charge in [0.2, 0.25) is 0 Å². The van der Waals surface area contributed by atoms with E-state index in [1.54, 1.807) is 0 Å². The van der Waals surface area contributed by atoms with E-state index in [1.807, 2.05) is 6.92 Å². The molecule has 0 heterocycles. The van der Waals surface area contributed by atoms with E-state index >= 15 is 0 Å². The molecule has 0 saturated carbocycles. The van der Waals surface area contributed by atoms with E-state index in [1.165, 1.54) is 0 Å². The van der Waals surface area contributed by atoms with Crippen LogP contribution >= 0.6 is 0 Å². The lowest BCUT2D eigenvalue weighted by Gasteiger charge is -2.03. The standard InChI is InChI=1S/C8H14O6S/c1-3-5-12-6-7-15(10,11)14-13-8(9)4-2/h4H,2-3,5-7H2,1H3. The second-order valence-corrected chi connectivity index (χ2v) is 4.21. The molecule has 0 spiro atoms. The van der Waals surface area contributed by atoms with Gasteiger partial charge in [0, 0.05) is 12.7 Å². The molecule has 0 fully saturated rings. The summed E-state index contributed by atoms with van der Waals surface area (Å²) < 4.78 is 30.9. The van der Waals surface area contributed by atoms with E-state index in [-0.39, 0.29) is 12.4 Å². The van der Waals surface area contributed by atoms with E-state index in [0.717, 1.165) is 12.5 Å². The molecular formula is C8H14O6S. The molecule has 7 heteroatoms. The Morgan fingerprint density at radius 1 is 1.40 bits per heavy atom. The van der Waals surface area contributed by atoms with Gasteiger partial charge in [-0.1, -0.05) is 17.8 Å². The van der Waals surface area contributed by atoms with Crippen LogP contribution < -0.4 is 0 Å². The average molecular weight is 238 g/mol. The second-order valence-electron chi connectivity index (χ2n) is 2.55. The highest BCUT2D eigenvalue weighted by molar-refractivity contribution is 7.86. The quantitative estimate of drug-likeness (QED) is 0.263. The third kappa shape index (κ3) is 8.10. The summed E-state index contributed by atoms with van der Waals surface area (Å²) in [7, 11) is -3.88. The zero-order valence-corrected chi connectivity index (χ0v) is 9.29. The SMILES string of the molecule is C=CC(=O)OOS(=O)(=O)CCOCCC. The fraction of sp³-hybridized carbons (Fsp3) is 0.625. The molecule has 0 aromatic rings. The fourth-order valence-corrected chi connectivity index (χ4v) is 1.12. The van der Waals surface area contributed by atoms with Gasteiger partial charge in [0.05, 0.1) is 6.61 Å². The molecule has 0 aromatic carbocycles. The highest BCUT2D eigenvalue weighted by Gasteiger charge is 2.14. The van der Waals surface area contributed by atoms with Gasteiger partial charge in [-0.3, -0.25) is 4.89 Å². The van der Waals surface area contributed by atoms with Crippen molar-refractivity contribution in [2.45, 2.75) is 13.3 Å². The number of ether oxygens (including phenoxy) is 1. The Bertz CT molecular complexity index is 294. The second kappa shape index (κ2) is 7.38. The van der Waals surface area contributed by atoms with E-state index in [2.05, 4.69) is 15.8 Å². The van der Waals surface area contributed by atoms with Crippen LogP contribution in [-0.4, -0.2) is 33.4 Å². The van der Waals surface area contributed by atoms with Crippen LogP contribution in [0.3, 0.4) is 0 Å². The van der Waals surface area contributed by atoms with E-state index < -0.39 is 16.1 Å². The van der Waals surface area contributed by atoms with Gasteiger partial charge in [0.25, 0.3) is 0 Å². The van der Waals surface area contributed by atoms with Crippen LogP contribution in [0.1, 0.15) is 13.3 Å². The first-order valence-electron chi connectivity index (χ1n) is 4.34. The maximum Gasteiger partial charge on any atom is 0.366 e. The molecule has 0 N–H and O–H groups in total. The topological polar surface area (TPSA) is 78.9 Å². The van der Waals surface area contributed by atoms with Crippen molar-refractivity contribution < 1.29 is 27.2 Å². The van der Waals surface area contributed by atoms with Crippen molar-refractivity contribution in [3.63, 3.8) is 0 Å². The highest BCUT2D eigenvalue weighted by Crippen LogP contribution is 1.96. The molecule has 0 bridgehead atoms. The summed E-state index contributed by atoms with van der Waals surface area (Å²) in [4.78, 5) is 14.4. The Hall–Kier alpha value is -0.920. The Balaban J connectivity index is 3.77. The van der Waals surface area contributed by atoms with Gasteiger partial charge in [-0.05, 0) is 6.42 Å². The number of carbonyl (C=O) groups is 1. The molecular weight excluding hydrogens is 224 g/mol. The van der Waals surface area contributed by atoms with Gasteiger partial charge in [-0.2, -0.15) is 8.42 Å². The summed E-state index contributed by atoms with van der Waals surface area (Å²) in [6.45, 7) is 5.45. The Morgan fingerprint density at radius 2 is 2.07 bits per heavy atom. The maximum absolute atomic E-state index is 11.0. The Morgan fingerprint density at radius 3 is 2.60 bits per heavy atom. The molecule has 15 heavy (non-hydrogen) atoms. The minimum atomic E-state index is -3.88. The number of carbonyl (C=O) groups excluding carboxylic acids is 1. The molecule has 0 aromatic heterocycles. The van der Waals surface area contributed by atoms with E-state index in [0.29, 0.717) is 6.61 Å². The lowest BCUT2D eigenvalue weighted by molar-refractivity contribution is -0.204. The predicted molar refractivity (Wildman–Crippen MR) is 52.3 cm³/mol. The molecule has 0 aliphatic heterocycles. The van der Waals surface area contributed by atoms with Crippen molar-refractivity contribution in [2.75, 3.05) is 19.0 Å². The summed E-state index contributed by atoms with van der Waals surface area (Å²) in [5, 5.41) is 0. The molecule has 0 rings (SSSR count). The van der Waals surface area contributed by atoms with Gasteiger partial charge in [0.1, 0.15) is 5.75 Å². The van der Waals surface area contributed by atoms with Gasteiger partial charge < -0.3 is 4.74 Å². The summed E-state index contributed by atoms with van der Waals surface area (Å²) in [6, 6.07) is 0. The highest BCUT2D eigenvalue weighted by atomic mass is 32.2. The van der Waals surface area contributed by atoms with Crippen molar-refractivity contribution in [2.24, 2.45) is 0 Å². The predicted octanol–water partition coefficient (Wildman–Crippen LogP) is 0.404. The molecule has 0 saturated heterocycles. The van der Waals surface area contributed by atoms with E-state index in [4.69, 9.17) is 4.74 Å². The van der Waals surface area contributed by atoms with Gasteiger partial charge in [-0.25, -0.2) is 4.79 Å². The minimum Gasteiger partial charge on any atom is -0.380 e. The number of rotatable bonds is 8. The van der Waals surface area contributed by atoms with Crippen molar-refractivity contribution in [3.8, 4) is 0 Å². The molecule has 0 unspecified atom stereocenters. The monoisotopic (exact) mass is 238 g/mol. The zero-order valence-electron chi connectivity index (χ0n) is 8.47. The summed E-state index contributed by atoms with van der Waals surface area (Å²) >= 11 is 0. The van der Waals surface area contributed by atoms with Crippen molar-refractivity contribution >= 4 is 16.1 Å². The number of hydrogen-bond donors (Lipinski definition) is 0. The lowest BCUT2D eigenvalue weighted by Crippen LogP contribution is -2.17. The lowest BCUT2D eigenvalue weighted by atomic mass is 10.5. The first-order valence-corrected chi connectivity index (χ1v) is 5.92. The third-order valence-corrected chi connectivity index (χ3v) is 2.15. The van der Waals surface area contributed by atoms with Gasteiger partial charge in [-0.15, -0.1) is 0 Å². The van der Waals surface area contributed by atoms with Crippen LogP contribution in [-0.2, 0) is 28.9 Å². The van der Waals surface area contributed by atoms with Crippen molar-refractivity contribution in [1.82, 2.24) is 0 Å². The van der Waals surface area contributed by atoms with Crippen LogP contribution in [0.15, 0.2) is 12.7 Å². The fourth-order valence-electron chi connectivity index (χ4n) is 0.561. The summed E-state index contributed by atoms with van der Waals surface area (Å²) in [5.74, 6) is -1.33. The van der Waals surface area contributed by atoms with Gasteiger partial charge >= 0.3 is 16.1 Å². The minimum absolute atomic E-state index is 0.00180. The molecule has 0 atom stereocenters. The van der Waals surface area contributed by atoms with Crippen LogP contribution in [0.4, 0.5) is 0 Å². The summed E-state index contributed by atoms with van der Waals surface area (Å²) in [5.41, 5.74) is 0. The maximum atomic E-state index is 11.0. The smallest absolute Gasteiger partial charge is 0.366 e. The van der Waals surface area contributed by atoms with Crippen LogP contribution in [0.5, 0.6) is 0 Å². The first-order chi connectivity index (χ1) is 7.02. The third-order valence-electron chi connectivity index (χ3n) is 1.21. The molecule has 0 aliphatic carbocycles. The molecule has 0 radical (unpaired) electrons. The van der Waals surface area contributed by atoms with Crippen molar-refractivity contribution in [1.29, 1.82) is 0 Å². The average Bonchev–Trinajstić information content (AvgIpc) is 2.21. The van der Waals surface area contributed by atoms with Crippen LogP contribution in [0.25, 0.3) is 0 Å². The number of hydrogen-bond acceptors (Lipinski definition) is 6. The largest absolute Gasteiger partial charge is 0.380 e. The molecule has 88 valence electrons. The van der Waals surface area contributed by atoms with E-state index in [9.17, 15) is 13.2 Å². The van der Waals surface area contributed by atoms with Gasteiger partial charge in [0.15, 0.2) is 0 Å². The van der Waals surface area contributed by atoms with Crippen molar-refractivity contribution in [3.05, 3.63) is 12.7 Å². The molecule has 0 amide bonds. The molecule has 6 nitrogen and oxygen atoms in total. The van der Waals surface area contributed by atoms with Crippen LogP contribution in [0, 0.1) is 0 Å². The van der Waals surface area contributed by atoms with Crippen LogP contribution in [0.2, 0.25) is 0 Å². The zero-order chi connectivity index (χ0) is 11.7. The summed E-state index contributed by atoms with van der Waals surface area (Å²) in [6.07, 6.45) is 1.59. The Labute approximate surface area is 88.9 Å². The first kappa shape index (κ1) is 14.1. The Kier molecular flexibility index (Phi) is 6.93. The molecule has 0 aliphatic rings. The normalized spacial score (nSPS) is 11.0.